The predicted molar refractivity (Wildman–Crippen MR) is 92.7 cm³/mol. The summed E-state index contributed by atoms with van der Waals surface area (Å²) in [6.07, 6.45) is 0. The lowest BCUT2D eigenvalue weighted by molar-refractivity contribution is 0.0696. The van der Waals surface area contributed by atoms with Gasteiger partial charge in [-0.15, -0.1) is 0 Å². The van der Waals surface area contributed by atoms with Crippen LogP contribution >= 0.6 is 0 Å². The van der Waals surface area contributed by atoms with Crippen LogP contribution in [0.25, 0.3) is 10.8 Å². The maximum absolute atomic E-state index is 11.0. The number of hydrogen-bond donors (Lipinski definition) is 4. The van der Waals surface area contributed by atoms with Gasteiger partial charge in [-0.3, -0.25) is 0 Å². The zero-order valence-corrected chi connectivity index (χ0v) is 13.1. The van der Waals surface area contributed by atoms with E-state index < -0.39 is 5.97 Å². The molecule has 24 heavy (non-hydrogen) atoms. The van der Waals surface area contributed by atoms with E-state index in [-0.39, 0.29) is 17.1 Å². The van der Waals surface area contributed by atoms with Crippen LogP contribution in [0.1, 0.15) is 21.5 Å². The van der Waals surface area contributed by atoms with Crippen molar-refractivity contribution in [2.45, 2.75) is 13.5 Å². The lowest BCUT2D eigenvalue weighted by Gasteiger charge is -2.12. The van der Waals surface area contributed by atoms with Gasteiger partial charge in [-0.05, 0) is 36.8 Å². The van der Waals surface area contributed by atoms with Gasteiger partial charge in [0.1, 0.15) is 11.5 Å². The van der Waals surface area contributed by atoms with Gasteiger partial charge in [0.15, 0.2) is 0 Å². The highest BCUT2D eigenvalue weighted by molar-refractivity contribution is 5.94. The zero-order valence-electron chi connectivity index (χ0n) is 13.1. The molecule has 0 saturated carbocycles. The first-order valence-electron chi connectivity index (χ1n) is 7.47. The van der Waals surface area contributed by atoms with Gasteiger partial charge in [-0.2, -0.15) is 0 Å². The second-order valence-electron chi connectivity index (χ2n) is 5.64. The van der Waals surface area contributed by atoms with Crippen molar-refractivity contribution in [1.29, 1.82) is 0 Å². The molecule has 0 heterocycles. The summed E-state index contributed by atoms with van der Waals surface area (Å²) in [7, 11) is 0. The maximum Gasteiger partial charge on any atom is 0.335 e. The van der Waals surface area contributed by atoms with Crippen molar-refractivity contribution in [2.24, 2.45) is 0 Å². The minimum Gasteiger partial charge on any atom is -0.507 e. The fourth-order valence-corrected chi connectivity index (χ4v) is 2.74. The number of aromatic carboxylic acids is 1. The minimum absolute atomic E-state index is 0.109. The molecule has 122 valence electrons. The molecule has 0 aliphatic rings. The van der Waals surface area contributed by atoms with Crippen molar-refractivity contribution < 1.29 is 20.1 Å². The van der Waals surface area contributed by atoms with Gasteiger partial charge < -0.3 is 20.6 Å². The molecule has 0 aliphatic carbocycles. The Bertz CT molecular complexity index is 934. The average molecular weight is 323 g/mol. The standard InChI is InChI=1S/C19H17NO4/c1-11-8-13(6-7-14(11)19(23)24)20-10-12-9-17(21)15-4-2-3-5-16(15)18(12)22/h2-9,20-22H,10H2,1H3,(H,23,24). The number of phenolic OH excluding ortho intramolecular Hbond substituents is 2. The highest BCUT2D eigenvalue weighted by Gasteiger charge is 2.11. The number of rotatable bonds is 4. The molecule has 5 nitrogen and oxygen atoms in total. The van der Waals surface area contributed by atoms with Crippen LogP contribution in [0, 0.1) is 6.92 Å². The number of anilines is 1. The molecule has 0 aromatic heterocycles. The highest BCUT2D eigenvalue weighted by Crippen LogP contribution is 2.35. The van der Waals surface area contributed by atoms with Crippen molar-refractivity contribution in [3.8, 4) is 11.5 Å². The summed E-state index contributed by atoms with van der Waals surface area (Å²) in [5.74, 6) is -0.733. The molecular weight excluding hydrogens is 306 g/mol. The third-order valence-electron chi connectivity index (χ3n) is 4.01. The largest absolute Gasteiger partial charge is 0.507 e. The van der Waals surface area contributed by atoms with Crippen molar-refractivity contribution in [3.63, 3.8) is 0 Å². The Labute approximate surface area is 138 Å². The van der Waals surface area contributed by atoms with Gasteiger partial charge in [0.2, 0.25) is 0 Å². The molecule has 0 atom stereocenters. The van der Waals surface area contributed by atoms with E-state index in [0.29, 0.717) is 28.4 Å². The summed E-state index contributed by atoms with van der Waals surface area (Å²) in [5, 5.41) is 33.9. The van der Waals surface area contributed by atoms with Crippen molar-refractivity contribution in [3.05, 3.63) is 65.2 Å². The minimum atomic E-state index is -0.962. The quantitative estimate of drug-likeness (QED) is 0.547. The van der Waals surface area contributed by atoms with Crippen LogP contribution < -0.4 is 5.32 Å². The lowest BCUT2D eigenvalue weighted by Crippen LogP contribution is -2.03. The lowest BCUT2D eigenvalue weighted by atomic mass is 10.0. The fraction of sp³-hybridized carbons (Fsp3) is 0.105. The number of phenols is 2. The Morgan fingerprint density at radius 1 is 1.04 bits per heavy atom. The van der Waals surface area contributed by atoms with E-state index in [1.54, 1.807) is 43.3 Å². The van der Waals surface area contributed by atoms with Crippen LogP contribution in [0.15, 0.2) is 48.5 Å². The number of carbonyl (C=O) groups is 1. The fourth-order valence-electron chi connectivity index (χ4n) is 2.74. The first-order valence-corrected chi connectivity index (χ1v) is 7.47. The summed E-state index contributed by atoms with van der Waals surface area (Å²) < 4.78 is 0. The molecule has 0 radical (unpaired) electrons. The number of carboxylic acids is 1. The molecule has 3 aromatic rings. The highest BCUT2D eigenvalue weighted by atomic mass is 16.4. The van der Waals surface area contributed by atoms with Crippen molar-refractivity contribution in [2.75, 3.05) is 5.32 Å². The van der Waals surface area contributed by atoms with Crippen LogP contribution in [-0.2, 0) is 6.54 Å². The maximum atomic E-state index is 11.0. The summed E-state index contributed by atoms with van der Waals surface area (Å²) in [6, 6.07) is 13.6. The summed E-state index contributed by atoms with van der Waals surface area (Å²) in [6.45, 7) is 2.03. The molecule has 4 N–H and O–H groups in total. The van der Waals surface area contributed by atoms with E-state index in [1.807, 2.05) is 0 Å². The van der Waals surface area contributed by atoms with Crippen LogP contribution in [-0.4, -0.2) is 21.3 Å². The molecule has 0 fully saturated rings. The Morgan fingerprint density at radius 2 is 1.75 bits per heavy atom. The van der Waals surface area contributed by atoms with Gasteiger partial charge in [0, 0.05) is 28.6 Å². The molecule has 0 aliphatic heterocycles. The first kappa shape index (κ1) is 15.7. The average Bonchev–Trinajstić information content (AvgIpc) is 2.56. The topological polar surface area (TPSA) is 89.8 Å². The van der Waals surface area contributed by atoms with Gasteiger partial charge in [0.05, 0.1) is 5.56 Å². The number of nitrogens with one attached hydrogen (secondary N) is 1. The molecular formula is C19H17NO4. The molecule has 3 rings (SSSR count). The first-order chi connectivity index (χ1) is 11.5. The van der Waals surface area contributed by atoms with Crippen molar-refractivity contribution in [1.82, 2.24) is 0 Å². The van der Waals surface area contributed by atoms with Gasteiger partial charge in [-0.1, -0.05) is 24.3 Å². The van der Waals surface area contributed by atoms with E-state index in [9.17, 15) is 15.0 Å². The zero-order chi connectivity index (χ0) is 17.3. The second-order valence-corrected chi connectivity index (χ2v) is 5.64. The third-order valence-corrected chi connectivity index (χ3v) is 4.01. The van der Waals surface area contributed by atoms with Crippen molar-refractivity contribution >= 4 is 22.4 Å². The number of benzene rings is 3. The van der Waals surface area contributed by atoms with E-state index in [2.05, 4.69) is 5.32 Å². The van der Waals surface area contributed by atoms with Gasteiger partial charge in [0.25, 0.3) is 0 Å². The number of aryl methyl sites for hydroxylation is 1. The van der Waals surface area contributed by atoms with Gasteiger partial charge in [-0.25, -0.2) is 4.79 Å². The number of aromatic hydroxyl groups is 2. The Morgan fingerprint density at radius 3 is 2.42 bits per heavy atom. The smallest absolute Gasteiger partial charge is 0.335 e. The van der Waals surface area contributed by atoms with Crippen LogP contribution in [0.5, 0.6) is 11.5 Å². The Hall–Kier alpha value is -3.21. The molecule has 5 heteroatoms. The van der Waals surface area contributed by atoms with E-state index >= 15 is 0 Å². The third kappa shape index (κ3) is 2.84. The predicted octanol–water partition coefficient (Wildman–Crippen LogP) is 3.87. The normalized spacial score (nSPS) is 10.7. The van der Waals surface area contributed by atoms with E-state index in [0.717, 1.165) is 5.69 Å². The molecule has 3 aromatic carbocycles. The van der Waals surface area contributed by atoms with Crippen LogP contribution in [0.3, 0.4) is 0 Å². The van der Waals surface area contributed by atoms with Gasteiger partial charge >= 0.3 is 5.97 Å². The second kappa shape index (κ2) is 6.12. The van der Waals surface area contributed by atoms with Crippen LogP contribution in [0.2, 0.25) is 0 Å². The molecule has 0 amide bonds. The molecule has 0 spiro atoms. The van der Waals surface area contributed by atoms with Crippen LogP contribution in [0.4, 0.5) is 5.69 Å². The molecule has 0 bridgehead atoms. The Kier molecular flexibility index (Phi) is 4.00. The summed E-state index contributed by atoms with van der Waals surface area (Å²) in [4.78, 5) is 11.0. The number of carboxylic acid groups (broad SMARTS) is 1. The van der Waals surface area contributed by atoms with E-state index in [4.69, 9.17) is 5.11 Å². The summed E-state index contributed by atoms with van der Waals surface area (Å²) in [5.41, 5.74) is 2.21. The SMILES string of the molecule is Cc1cc(NCc2cc(O)c3ccccc3c2O)ccc1C(=O)O. The number of hydrogen-bond acceptors (Lipinski definition) is 4. The number of fused-ring (bicyclic) bond motifs is 1. The molecule has 0 unspecified atom stereocenters. The summed E-state index contributed by atoms with van der Waals surface area (Å²) >= 11 is 0. The molecule has 0 saturated heterocycles. The van der Waals surface area contributed by atoms with E-state index in [1.165, 1.54) is 12.1 Å². The Balaban J connectivity index is 1.87. The monoisotopic (exact) mass is 323 g/mol.